The number of hydrogen-bond acceptors (Lipinski definition) is 3. The van der Waals surface area contributed by atoms with Gasteiger partial charge in [0.05, 0.1) is 5.56 Å². The molecule has 0 bridgehead atoms. The van der Waals surface area contributed by atoms with E-state index in [1.807, 2.05) is 43.5 Å². The van der Waals surface area contributed by atoms with Crippen LogP contribution in [0.4, 0.5) is 10.1 Å². The van der Waals surface area contributed by atoms with E-state index in [0.717, 1.165) is 34.6 Å². The summed E-state index contributed by atoms with van der Waals surface area (Å²) < 4.78 is 20.3. The van der Waals surface area contributed by atoms with Crippen molar-refractivity contribution < 1.29 is 18.7 Å². The molecule has 0 aliphatic rings. The van der Waals surface area contributed by atoms with Crippen LogP contribution in [-0.2, 0) is 16.0 Å². The lowest BCUT2D eigenvalue weighted by atomic mass is 10.1. The van der Waals surface area contributed by atoms with Crippen molar-refractivity contribution in [2.45, 2.75) is 34.1 Å². The highest BCUT2D eigenvalue weighted by atomic mass is 19.1. The molecule has 1 amide bonds. The van der Waals surface area contributed by atoms with Gasteiger partial charge < -0.3 is 14.6 Å². The quantitative estimate of drug-likeness (QED) is 0.590. The maximum absolute atomic E-state index is 13.2. The van der Waals surface area contributed by atoms with Crippen LogP contribution in [0.15, 0.2) is 48.5 Å². The first-order chi connectivity index (χ1) is 14.3. The summed E-state index contributed by atoms with van der Waals surface area (Å²) in [4.78, 5) is 24.9. The van der Waals surface area contributed by atoms with E-state index in [9.17, 15) is 14.0 Å². The molecule has 5 nitrogen and oxygen atoms in total. The normalized spacial score (nSPS) is 10.7. The number of rotatable bonds is 6. The molecule has 0 aliphatic heterocycles. The standard InChI is InChI=1S/C24H25FN2O3/c1-5-18-8-6-7-15(2)23(18)26-22(28)14-30-24(29)21-13-16(3)27(17(21)4)20-11-9-19(25)10-12-20/h6-13H,5,14H2,1-4H3,(H,26,28). The Morgan fingerprint density at radius 2 is 1.77 bits per heavy atom. The minimum absolute atomic E-state index is 0.327. The summed E-state index contributed by atoms with van der Waals surface area (Å²) in [6.45, 7) is 7.20. The van der Waals surface area contributed by atoms with Gasteiger partial charge in [0, 0.05) is 22.8 Å². The number of para-hydroxylation sites is 1. The lowest BCUT2D eigenvalue weighted by Gasteiger charge is -2.13. The summed E-state index contributed by atoms with van der Waals surface area (Å²) in [6, 6.07) is 13.6. The highest BCUT2D eigenvalue weighted by Crippen LogP contribution is 2.23. The fourth-order valence-corrected chi connectivity index (χ4v) is 3.54. The number of aryl methyl sites for hydroxylation is 3. The van der Waals surface area contributed by atoms with Gasteiger partial charge in [-0.3, -0.25) is 4.79 Å². The van der Waals surface area contributed by atoms with Gasteiger partial charge in [-0.15, -0.1) is 0 Å². The SMILES string of the molecule is CCc1cccc(C)c1NC(=O)COC(=O)c1cc(C)n(-c2ccc(F)cc2)c1C. The molecule has 0 radical (unpaired) electrons. The van der Waals surface area contributed by atoms with Crippen molar-refractivity contribution in [3.63, 3.8) is 0 Å². The minimum atomic E-state index is -0.577. The first-order valence-corrected chi connectivity index (χ1v) is 9.82. The third-order valence-corrected chi connectivity index (χ3v) is 5.07. The fraction of sp³-hybridized carbons (Fsp3) is 0.250. The van der Waals surface area contributed by atoms with E-state index in [1.54, 1.807) is 25.1 Å². The second-order valence-electron chi connectivity index (χ2n) is 7.18. The molecule has 0 aliphatic carbocycles. The third-order valence-electron chi connectivity index (χ3n) is 5.07. The Morgan fingerprint density at radius 3 is 2.43 bits per heavy atom. The zero-order chi connectivity index (χ0) is 21.8. The molecule has 30 heavy (non-hydrogen) atoms. The van der Waals surface area contributed by atoms with Gasteiger partial charge in [-0.1, -0.05) is 25.1 Å². The number of halogens is 1. The number of esters is 1. The van der Waals surface area contributed by atoms with Crippen LogP contribution in [0, 0.1) is 26.6 Å². The Morgan fingerprint density at radius 1 is 1.07 bits per heavy atom. The van der Waals surface area contributed by atoms with Crippen molar-refractivity contribution in [3.8, 4) is 5.69 Å². The molecule has 0 saturated carbocycles. The van der Waals surface area contributed by atoms with Crippen molar-refractivity contribution in [2.24, 2.45) is 0 Å². The second kappa shape index (κ2) is 8.95. The average Bonchev–Trinajstić information content (AvgIpc) is 3.02. The number of carbonyl (C=O) groups excluding carboxylic acids is 2. The Kier molecular flexibility index (Phi) is 6.35. The molecule has 1 N–H and O–H groups in total. The van der Waals surface area contributed by atoms with Gasteiger partial charge in [-0.2, -0.15) is 0 Å². The van der Waals surface area contributed by atoms with Crippen LogP contribution in [0.25, 0.3) is 5.69 Å². The zero-order valence-electron chi connectivity index (χ0n) is 17.6. The molecule has 0 saturated heterocycles. The van der Waals surface area contributed by atoms with Gasteiger partial charge in [0.2, 0.25) is 0 Å². The molecule has 0 fully saturated rings. The highest BCUT2D eigenvalue weighted by molar-refractivity contribution is 5.97. The zero-order valence-corrected chi connectivity index (χ0v) is 17.6. The van der Waals surface area contributed by atoms with Crippen molar-refractivity contribution in [2.75, 3.05) is 11.9 Å². The van der Waals surface area contributed by atoms with Gasteiger partial charge in [0.15, 0.2) is 6.61 Å². The third kappa shape index (κ3) is 4.43. The van der Waals surface area contributed by atoms with Crippen LogP contribution >= 0.6 is 0 Å². The maximum Gasteiger partial charge on any atom is 0.340 e. The Hall–Kier alpha value is -3.41. The molecule has 1 heterocycles. The number of amides is 1. The van der Waals surface area contributed by atoms with E-state index in [0.29, 0.717) is 11.3 Å². The van der Waals surface area contributed by atoms with Gasteiger partial charge >= 0.3 is 5.97 Å². The first-order valence-electron chi connectivity index (χ1n) is 9.82. The lowest BCUT2D eigenvalue weighted by Crippen LogP contribution is -2.22. The van der Waals surface area contributed by atoms with Gasteiger partial charge in [-0.25, -0.2) is 9.18 Å². The number of ether oxygens (including phenoxy) is 1. The Bertz CT molecular complexity index is 1080. The van der Waals surface area contributed by atoms with Crippen LogP contribution in [0.5, 0.6) is 0 Å². The fourth-order valence-electron chi connectivity index (χ4n) is 3.54. The monoisotopic (exact) mass is 408 g/mol. The number of nitrogens with one attached hydrogen (secondary N) is 1. The summed E-state index contributed by atoms with van der Waals surface area (Å²) in [6.07, 6.45) is 0.784. The van der Waals surface area contributed by atoms with Crippen molar-refractivity contribution >= 4 is 17.6 Å². The van der Waals surface area contributed by atoms with Crippen molar-refractivity contribution in [1.82, 2.24) is 4.57 Å². The van der Waals surface area contributed by atoms with E-state index in [1.165, 1.54) is 12.1 Å². The molecule has 0 unspecified atom stereocenters. The van der Waals surface area contributed by atoms with Gasteiger partial charge in [0.25, 0.3) is 5.91 Å². The second-order valence-corrected chi connectivity index (χ2v) is 7.18. The number of carbonyl (C=O) groups is 2. The van der Waals surface area contributed by atoms with Crippen molar-refractivity contribution in [1.29, 1.82) is 0 Å². The first kappa shape index (κ1) is 21.3. The van der Waals surface area contributed by atoms with Crippen LogP contribution in [-0.4, -0.2) is 23.1 Å². The number of anilines is 1. The van der Waals surface area contributed by atoms with Crippen LogP contribution < -0.4 is 5.32 Å². The van der Waals surface area contributed by atoms with E-state index >= 15 is 0 Å². The van der Waals surface area contributed by atoms with Gasteiger partial charge in [-0.05, 0) is 68.7 Å². The summed E-state index contributed by atoms with van der Waals surface area (Å²) in [5, 5.41) is 2.84. The van der Waals surface area contributed by atoms with E-state index < -0.39 is 5.97 Å². The largest absolute Gasteiger partial charge is 0.452 e. The predicted octanol–water partition coefficient (Wildman–Crippen LogP) is 4.90. The lowest BCUT2D eigenvalue weighted by molar-refractivity contribution is -0.119. The molecule has 2 aromatic carbocycles. The predicted molar refractivity (Wildman–Crippen MR) is 115 cm³/mol. The summed E-state index contributed by atoms with van der Waals surface area (Å²) in [5.41, 5.74) is 5.33. The highest BCUT2D eigenvalue weighted by Gasteiger charge is 2.19. The minimum Gasteiger partial charge on any atom is -0.452 e. The molecule has 6 heteroatoms. The average molecular weight is 408 g/mol. The molecule has 3 aromatic rings. The van der Waals surface area contributed by atoms with E-state index in [-0.39, 0.29) is 18.3 Å². The van der Waals surface area contributed by atoms with Crippen molar-refractivity contribution in [3.05, 3.63) is 82.4 Å². The summed E-state index contributed by atoms with van der Waals surface area (Å²) in [7, 11) is 0. The molecule has 156 valence electrons. The Balaban J connectivity index is 1.71. The number of nitrogens with zero attached hydrogens (tertiary/aromatic N) is 1. The molecule has 3 rings (SSSR count). The smallest absolute Gasteiger partial charge is 0.340 e. The molecular weight excluding hydrogens is 383 g/mol. The topological polar surface area (TPSA) is 60.3 Å². The molecule has 0 spiro atoms. The summed E-state index contributed by atoms with van der Waals surface area (Å²) in [5.74, 6) is -1.29. The van der Waals surface area contributed by atoms with E-state index in [4.69, 9.17) is 4.74 Å². The molecular formula is C24H25FN2O3. The Labute approximate surface area is 175 Å². The summed E-state index contributed by atoms with van der Waals surface area (Å²) >= 11 is 0. The van der Waals surface area contributed by atoms with Crippen LogP contribution in [0.3, 0.4) is 0 Å². The number of hydrogen-bond donors (Lipinski definition) is 1. The van der Waals surface area contributed by atoms with Gasteiger partial charge in [0.1, 0.15) is 5.82 Å². The van der Waals surface area contributed by atoms with Crippen LogP contribution in [0.2, 0.25) is 0 Å². The molecule has 0 atom stereocenters. The number of benzene rings is 2. The molecule has 1 aromatic heterocycles. The van der Waals surface area contributed by atoms with E-state index in [2.05, 4.69) is 5.32 Å². The maximum atomic E-state index is 13.2. The van der Waals surface area contributed by atoms with Crippen LogP contribution in [0.1, 0.15) is 39.8 Å². The number of aromatic nitrogens is 1.